The van der Waals surface area contributed by atoms with Gasteiger partial charge in [0.1, 0.15) is 11.6 Å². The first-order valence-corrected chi connectivity index (χ1v) is 3.82. The van der Waals surface area contributed by atoms with E-state index in [2.05, 4.69) is 6.58 Å². The van der Waals surface area contributed by atoms with Crippen LogP contribution in [0.25, 0.3) is 0 Å². The Kier molecular flexibility index (Phi) is 3.33. The van der Waals surface area contributed by atoms with Crippen LogP contribution in [-0.4, -0.2) is 6.61 Å². The molecule has 0 saturated carbocycles. The quantitative estimate of drug-likeness (QED) is 0.492. The Morgan fingerprint density at radius 3 is 2.58 bits per heavy atom. The van der Waals surface area contributed by atoms with Crippen molar-refractivity contribution in [2.24, 2.45) is 0 Å². The third-order valence-corrected chi connectivity index (χ3v) is 1.40. The monoisotopic (exact) mass is 165 g/mol. The van der Waals surface area contributed by atoms with Gasteiger partial charge in [-0.15, -0.1) is 6.58 Å². The molecule has 0 atom stereocenters. The lowest BCUT2D eigenvalue weighted by atomic mass is 10.3. The highest BCUT2D eigenvalue weighted by Gasteiger charge is 1.92. The van der Waals surface area contributed by atoms with Gasteiger partial charge in [-0.2, -0.15) is 0 Å². The molecule has 1 aromatic carbocycles. The lowest BCUT2D eigenvalue weighted by Gasteiger charge is -2.02. The highest BCUT2D eigenvalue weighted by Crippen LogP contribution is 2.10. The molecule has 0 bridgehead atoms. The number of ether oxygens (including phenoxy) is 1. The van der Waals surface area contributed by atoms with Crippen molar-refractivity contribution in [3.8, 4) is 5.75 Å². The summed E-state index contributed by atoms with van der Waals surface area (Å²) < 4.78 is 17.7. The normalized spacial score (nSPS) is 9.42. The largest absolute Gasteiger partial charge is 0.493 e. The summed E-state index contributed by atoms with van der Waals surface area (Å²) in [4.78, 5) is 0. The molecule has 0 fully saturated rings. The second-order valence-corrected chi connectivity index (χ2v) is 2.38. The van der Waals surface area contributed by atoms with Crippen molar-refractivity contribution in [2.45, 2.75) is 6.42 Å². The van der Waals surface area contributed by atoms with Crippen molar-refractivity contribution in [3.05, 3.63) is 42.7 Å². The van der Waals surface area contributed by atoms with Gasteiger partial charge in [-0.3, -0.25) is 0 Å². The number of halogens is 1. The minimum absolute atomic E-state index is 0.244. The average Bonchev–Trinajstić information content (AvgIpc) is 2.09. The fourth-order valence-corrected chi connectivity index (χ4v) is 0.791. The SMILES string of the molecule is C=CCCOc1ccc([18F])cc1. The third-order valence-electron chi connectivity index (χ3n) is 1.40. The van der Waals surface area contributed by atoms with Gasteiger partial charge in [0.15, 0.2) is 0 Å². The topological polar surface area (TPSA) is 9.23 Å². The van der Waals surface area contributed by atoms with E-state index >= 15 is 0 Å². The van der Waals surface area contributed by atoms with Crippen LogP contribution in [-0.2, 0) is 0 Å². The van der Waals surface area contributed by atoms with Crippen LogP contribution in [0.5, 0.6) is 5.75 Å². The summed E-state index contributed by atoms with van der Waals surface area (Å²) in [6.45, 7) is 4.16. The molecule has 0 spiro atoms. The van der Waals surface area contributed by atoms with Crippen LogP contribution < -0.4 is 4.74 Å². The van der Waals surface area contributed by atoms with Crippen LogP contribution in [0.2, 0.25) is 0 Å². The first-order chi connectivity index (χ1) is 5.83. The highest BCUT2D eigenvalue weighted by molar-refractivity contribution is 5.21. The first-order valence-electron chi connectivity index (χ1n) is 3.82. The van der Waals surface area contributed by atoms with Gasteiger partial charge in [0.05, 0.1) is 6.61 Å². The van der Waals surface area contributed by atoms with Crippen molar-refractivity contribution >= 4 is 0 Å². The molecule has 1 rings (SSSR count). The van der Waals surface area contributed by atoms with E-state index in [1.54, 1.807) is 18.2 Å². The number of hydrogen-bond donors (Lipinski definition) is 0. The van der Waals surface area contributed by atoms with E-state index in [4.69, 9.17) is 4.74 Å². The van der Waals surface area contributed by atoms with E-state index in [0.717, 1.165) is 6.42 Å². The summed E-state index contributed by atoms with van der Waals surface area (Å²) in [7, 11) is 0. The molecule has 0 aliphatic carbocycles. The zero-order valence-corrected chi connectivity index (χ0v) is 6.79. The molecule has 0 saturated heterocycles. The van der Waals surface area contributed by atoms with E-state index < -0.39 is 0 Å². The van der Waals surface area contributed by atoms with Crippen LogP contribution in [0.4, 0.5) is 4.39 Å². The number of hydrogen-bond acceptors (Lipinski definition) is 1. The standard InChI is InChI=1S/C10H11FO/c1-2-3-8-12-10-6-4-9(11)5-7-10/h2,4-7H,1,3,8H2/i11-1. The second kappa shape index (κ2) is 4.54. The van der Waals surface area contributed by atoms with Crippen LogP contribution >= 0.6 is 0 Å². The summed E-state index contributed by atoms with van der Waals surface area (Å²) in [5.74, 6) is 0.448. The molecule has 64 valence electrons. The molecule has 0 radical (unpaired) electrons. The fourth-order valence-electron chi connectivity index (χ4n) is 0.791. The highest BCUT2D eigenvalue weighted by atomic mass is 18.2. The molecule has 1 nitrogen and oxygen atoms in total. The maximum absolute atomic E-state index is 12.4. The summed E-state index contributed by atoms with van der Waals surface area (Å²) in [6, 6.07) is 5.98. The Hall–Kier alpha value is -1.31. The van der Waals surface area contributed by atoms with Crippen LogP contribution in [0, 0.1) is 5.82 Å². The molecule has 0 amide bonds. The average molecular weight is 165 g/mol. The smallest absolute Gasteiger partial charge is 0.123 e. The lowest BCUT2D eigenvalue weighted by Crippen LogP contribution is -1.94. The summed E-state index contributed by atoms with van der Waals surface area (Å²) in [6.07, 6.45) is 2.58. The van der Waals surface area contributed by atoms with Gasteiger partial charge in [0.2, 0.25) is 0 Å². The van der Waals surface area contributed by atoms with Gasteiger partial charge in [0, 0.05) is 0 Å². The zero-order chi connectivity index (χ0) is 8.81. The Labute approximate surface area is 71.5 Å². The fraction of sp³-hybridized carbons (Fsp3) is 0.200. The Morgan fingerprint density at radius 1 is 1.33 bits per heavy atom. The molecule has 1 aromatic rings. The van der Waals surface area contributed by atoms with Crippen LogP contribution in [0.3, 0.4) is 0 Å². The van der Waals surface area contributed by atoms with E-state index in [1.165, 1.54) is 12.1 Å². The van der Waals surface area contributed by atoms with Crippen LogP contribution in [0.1, 0.15) is 6.42 Å². The maximum Gasteiger partial charge on any atom is 0.123 e. The van der Waals surface area contributed by atoms with Crippen molar-refractivity contribution in [1.82, 2.24) is 0 Å². The van der Waals surface area contributed by atoms with Crippen LogP contribution in [0.15, 0.2) is 36.9 Å². The predicted molar refractivity (Wildman–Crippen MR) is 46.7 cm³/mol. The van der Waals surface area contributed by atoms with Gasteiger partial charge in [-0.05, 0) is 30.7 Å². The van der Waals surface area contributed by atoms with Crippen molar-refractivity contribution < 1.29 is 9.13 Å². The Balaban J connectivity index is 2.42. The first kappa shape index (κ1) is 8.78. The second-order valence-electron chi connectivity index (χ2n) is 2.38. The molecule has 0 N–H and O–H groups in total. The predicted octanol–water partition coefficient (Wildman–Crippen LogP) is 2.78. The van der Waals surface area contributed by atoms with Gasteiger partial charge in [-0.25, -0.2) is 4.39 Å². The van der Waals surface area contributed by atoms with E-state index in [0.29, 0.717) is 12.4 Å². The van der Waals surface area contributed by atoms with Crippen molar-refractivity contribution in [3.63, 3.8) is 0 Å². The molecule has 2 heteroatoms. The molecular weight excluding hydrogens is 154 g/mol. The van der Waals surface area contributed by atoms with Gasteiger partial charge < -0.3 is 4.74 Å². The molecule has 0 heterocycles. The maximum atomic E-state index is 12.4. The molecule has 0 unspecified atom stereocenters. The van der Waals surface area contributed by atoms with E-state index in [1.807, 2.05) is 0 Å². The minimum atomic E-state index is -0.244. The summed E-state index contributed by atoms with van der Waals surface area (Å²) >= 11 is 0. The van der Waals surface area contributed by atoms with Gasteiger partial charge in [0.25, 0.3) is 0 Å². The Morgan fingerprint density at radius 2 is 2.00 bits per heavy atom. The number of rotatable bonds is 4. The summed E-state index contributed by atoms with van der Waals surface area (Å²) in [5.41, 5.74) is 0. The van der Waals surface area contributed by atoms with E-state index in [9.17, 15) is 4.39 Å². The summed E-state index contributed by atoms with van der Waals surface area (Å²) in [5, 5.41) is 0. The van der Waals surface area contributed by atoms with Crippen molar-refractivity contribution in [1.29, 1.82) is 0 Å². The molecule has 0 aliphatic heterocycles. The molecular formula is C10H11FO. The van der Waals surface area contributed by atoms with Crippen molar-refractivity contribution in [2.75, 3.05) is 6.61 Å². The molecule has 0 aliphatic rings. The van der Waals surface area contributed by atoms with Gasteiger partial charge >= 0.3 is 0 Å². The van der Waals surface area contributed by atoms with Gasteiger partial charge in [-0.1, -0.05) is 6.08 Å². The minimum Gasteiger partial charge on any atom is -0.493 e. The zero-order valence-electron chi connectivity index (χ0n) is 6.79. The Bertz CT molecular complexity index is 241. The number of benzene rings is 1. The molecule has 12 heavy (non-hydrogen) atoms. The van der Waals surface area contributed by atoms with E-state index in [-0.39, 0.29) is 5.82 Å². The molecule has 0 aromatic heterocycles. The lowest BCUT2D eigenvalue weighted by molar-refractivity contribution is 0.324. The third kappa shape index (κ3) is 2.74.